The molecule has 11 heteroatoms. The molecule has 1 saturated heterocycles. The molecule has 0 aromatic heterocycles. The molecule has 0 aliphatic carbocycles. The van der Waals surface area contributed by atoms with Crippen LogP contribution >= 0.6 is 27.8 Å². The van der Waals surface area contributed by atoms with Crippen molar-refractivity contribution in [3.8, 4) is 0 Å². The fourth-order valence-electron chi connectivity index (χ4n) is 2.31. The van der Waals surface area contributed by atoms with Gasteiger partial charge in [0.25, 0.3) is 0 Å². The van der Waals surface area contributed by atoms with E-state index in [9.17, 15) is 24.0 Å². The number of aliphatic hydroxyl groups is 1. The molecular formula is C9H21NO7P2S. The molecule has 20 heavy (non-hydrogen) atoms. The lowest BCUT2D eigenvalue weighted by Gasteiger charge is -2.35. The molecule has 0 radical (unpaired) electrons. The lowest BCUT2D eigenvalue weighted by molar-refractivity contribution is 0.176. The van der Waals surface area contributed by atoms with Gasteiger partial charge in [0.05, 0.1) is 5.66 Å². The topological polar surface area (TPSA) is 147 Å². The largest absolute Gasteiger partial charge is 0.380 e. The highest BCUT2D eigenvalue weighted by molar-refractivity contribution is 7.80. The fourth-order valence-corrected chi connectivity index (χ4v) is 4.49. The lowest BCUT2D eigenvalue weighted by atomic mass is 9.93. The Hall–Kier alpha value is 0.570. The zero-order valence-corrected chi connectivity index (χ0v) is 13.4. The Labute approximate surface area is 122 Å². The minimum atomic E-state index is -4.78. The first kappa shape index (κ1) is 18.6. The molecule has 0 spiro atoms. The van der Waals surface area contributed by atoms with Gasteiger partial charge in [0.2, 0.25) is 0 Å². The van der Waals surface area contributed by atoms with Crippen molar-refractivity contribution in [2.45, 2.75) is 36.8 Å². The number of rotatable bonds is 6. The van der Waals surface area contributed by atoms with Gasteiger partial charge < -0.3 is 30.0 Å². The minimum absolute atomic E-state index is 0.304. The van der Waals surface area contributed by atoms with Gasteiger partial charge in [0.15, 0.2) is 5.85 Å². The van der Waals surface area contributed by atoms with Crippen LogP contribution in [0.2, 0.25) is 0 Å². The molecule has 1 aliphatic rings. The number of nitrogens with one attached hydrogen (secondary N) is 1. The van der Waals surface area contributed by atoms with E-state index in [4.69, 9.17) is 9.79 Å². The first-order chi connectivity index (χ1) is 9.05. The summed E-state index contributed by atoms with van der Waals surface area (Å²) in [6.07, 6.45) is 0.552. The van der Waals surface area contributed by atoms with E-state index in [1.54, 1.807) is 0 Å². The molecule has 4 unspecified atom stereocenters. The van der Waals surface area contributed by atoms with E-state index in [0.717, 1.165) is 6.42 Å². The monoisotopic (exact) mass is 349 g/mol. The van der Waals surface area contributed by atoms with Crippen LogP contribution in [0.15, 0.2) is 0 Å². The summed E-state index contributed by atoms with van der Waals surface area (Å²) in [6, 6.07) is -0.576. The molecule has 6 N–H and O–H groups in total. The van der Waals surface area contributed by atoms with E-state index in [1.165, 1.54) is 0 Å². The van der Waals surface area contributed by atoms with Gasteiger partial charge >= 0.3 is 15.2 Å². The van der Waals surface area contributed by atoms with E-state index in [2.05, 4.69) is 17.9 Å². The van der Waals surface area contributed by atoms with Crippen LogP contribution in [0.3, 0.4) is 0 Å². The van der Waals surface area contributed by atoms with Gasteiger partial charge in [-0.15, -0.1) is 0 Å². The highest BCUT2D eigenvalue weighted by atomic mass is 32.1. The van der Waals surface area contributed by atoms with Crippen LogP contribution in [0.4, 0.5) is 0 Å². The van der Waals surface area contributed by atoms with Crippen molar-refractivity contribution in [3.05, 3.63) is 0 Å². The van der Waals surface area contributed by atoms with E-state index in [0.29, 0.717) is 24.6 Å². The van der Waals surface area contributed by atoms with Crippen molar-refractivity contribution >= 4 is 27.8 Å². The van der Waals surface area contributed by atoms with Crippen LogP contribution in [0.25, 0.3) is 0 Å². The molecule has 1 heterocycles. The van der Waals surface area contributed by atoms with Crippen molar-refractivity contribution in [1.82, 2.24) is 5.32 Å². The average molecular weight is 349 g/mol. The summed E-state index contributed by atoms with van der Waals surface area (Å²) in [6.45, 7) is 0.538. The first-order valence-corrected chi connectivity index (χ1v) is 10.2. The second-order valence-corrected chi connectivity index (χ2v) is 9.08. The molecule has 0 aromatic carbocycles. The van der Waals surface area contributed by atoms with Gasteiger partial charge in [-0.25, -0.2) is 0 Å². The average Bonchev–Trinajstić information content (AvgIpc) is 2.33. The maximum absolute atomic E-state index is 11.5. The predicted molar refractivity (Wildman–Crippen MR) is 76.9 cm³/mol. The molecule has 120 valence electrons. The minimum Gasteiger partial charge on any atom is -0.380 e. The number of thiol groups is 1. The van der Waals surface area contributed by atoms with Crippen molar-refractivity contribution in [2.75, 3.05) is 12.3 Å². The third kappa shape index (κ3) is 5.40. The summed E-state index contributed by atoms with van der Waals surface area (Å²) in [5, 5.41) is 12.4. The summed E-state index contributed by atoms with van der Waals surface area (Å²) < 4.78 is 22.5. The smallest absolute Gasteiger partial charge is 0.353 e. The van der Waals surface area contributed by atoms with E-state index in [1.807, 2.05) is 0 Å². The van der Waals surface area contributed by atoms with Gasteiger partial charge in [-0.3, -0.25) is 9.13 Å². The highest BCUT2D eigenvalue weighted by Crippen LogP contribution is 2.51. The first-order valence-electron chi connectivity index (χ1n) is 6.18. The van der Waals surface area contributed by atoms with Crippen LogP contribution in [0.5, 0.6) is 0 Å². The third-order valence-corrected chi connectivity index (χ3v) is 6.49. The number of aliphatic hydroxyl groups excluding tert-OH is 1. The van der Waals surface area contributed by atoms with Crippen LogP contribution in [0, 0.1) is 5.92 Å². The summed E-state index contributed by atoms with van der Waals surface area (Å²) in [4.78, 5) is 36.4. The zero-order chi connectivity index (χ0) is 15.6. The third-order valence-electron chi connectivity index (χ3n) is 3.55. The van der Waals surface area contributed by atoms with E-state index in [-0.39, 0.29) is 0 Å². The van der Waals surface area contributed by atoms with Gasteiger partial charge in [0, 0.05) is 12.5 Å². The molecule has 1 aliphatic heterocycles. The quantitative estimate of drug-likeness (QED) is 0.256. The second-order valence-electron chi connectivity index (χ2n) is 5.10. The molecule has 0 amide bonds. The molecule has 1 fully saturated rings. The van der Waals surface area contributed by atoms with Crippen molar-refractivity contribution < 1.29 is 33.8 Å². The highest BCUT2D eigenvalue weighted by Gasteiger charge is 2.42. The summed E-state index contributed by atoms with van der Waals surface area (Å²) in [5.41, 5.74) is -1.31. The number of hydrogen-bond donors (Lipinski definition) is 7. The van der Waals surface area contributed by atoms with Crippen molar-refractivity contribution in [3.63, 3.8) is 0 Å². The van der Waals surface area contributed by atoms with Gasteiger partial charge in [-0.1, -0.05) is 0 Å². The van der Waals surface area contributed by atoms with Crippen LogP contribution in [-0.2, 0) is 9.13 Å². The summed E-state index contributed by atoms with van der Waals surface area (Å²) in [5.74, 6) is -1.10. The standard InChI is InChI=1S/C9H21NO7P2S/c11-9(19(15,16)17)3-8(18(12,13)14)7-2-1-6(5-20)4-10-7/h6-11,20H,1-5H2,(H2,12,13,14)(H2,15,16,17). The lowest BCUT2D eigenvalue weighted by Crippen LogP contribution is -2.47. The Morgan fingerprint density at radius 2 is 1.75 bits per heavy atom. The molecule has 1 rings (SSSR count). The van der Waals surface area contributed by atoms with Gasteiger partial charge in [-0.2, -0.15) is 12.6 Å². The Morgan fingerprint density at radius 1 is 1.15 bits per heavy atom. The maximum atomic E-state index is 11.5. The van der Waals surface area contributed by atoms with Crippen LogP contribution < -0.4 is 5.32 Å². The Balaban J connectivity index is 2.77. The van der Waals surface area contributed by atoms with Crippen molar-refractivity contribution in [1.29, 1.82) is 0 Å². The van der Waals surface area contributed by atoms with Gasteiger partial charge in [-0.05, 0) is 31.1 Å². The number of hydrogen-bond acceptors (Lipinski definition) is 5. The van der Waals surface area contributed by atoms with E-state index < -0.39 is 39.2 Å². The van der Waals surface area contributed by atoms with E-state index >= 15 is 0 Å². The van der Waals surface area contributed by atoms with Crippen LogP contribution in [-0.4, -0.2) is 54.5 Å². The zero-order valence-electron chi connectivity index (χ0n) is 10.7. The molecule has 0 bridgehead atoms. The Kier molecular flexibility index (Phi) is 6.72. The number of piperidine rings is 1. The molecule has 0 saturated carbocycles. The maximum Gasteiger partial charge on any atom is 0.353 e. The Bertz CT molecular complexity index is 403. The molecular weight excluding hydrogens is 328 g/mol. The Morgan fingerprint density at radius 3 is 2.10 bits per heavy atom. The molecule has 0 aromatic rings. The van der Waals surface area contributed by atoms with Crippen LogP contribution in [0.1, 0.15) is 19.3 Å². The summed E-state index contributed by atoms with van der Waals surface area (Å²) in [7, 11) is -9.36. The van der Waals surface area contributed by atoms with Gasteiger partial charge in [0.1, 0.15) is 0 Å². The second kappa shape index (κ2) is 7.22. The molecule has 8 nitrogen and oxygen atoms in total. The van der Waals surface area contributed by atoms with Crippen molar-refractivity contribution in [2.24, 2.45) is 5.92 Å². The SMILES string of the molecule is O=P(O)(O)C(O)CC(C1CCC(CS)CN1)P(=O)(O)O. The summed E-state index contributed by atoms with van der Waals surface area (Å²) >= 11 is 4.16. The fraction of sp³-hybridized carbons (Fsp3) is 1.00. The normalized spacial score (nSPS) is 28.1. The predicted octanol–water partition coefficient (Wildman–Crippen LogP) is -0.283. The molecule has 4 atom stereocenters.